The quantitative estimate of drug-likeness (QED) is 0.458. The van der Waals surface area contributed by atoms with E-state index < -0.39 is 0 Å². The lowest BCUT2D eigenvalue weighted by atomic mass is 10.3. The minimum Gasteiger partial charge on any atom is -0.507 e. The number of hydrogen-bond acceptors (Lipinski definition) is 3. The molecule has 0 spiro atoms. The number of phenolic OH excluding ortho intramolecular Hbond substituents is 1. The minimum atomic E-state index is -0.145. The SMILES string of the molecule is CC(=O)Nc1ccc(O)c(S)c1. The fourth-order valence-corrected chi connectivity index (χ4v) is 1.02. The first-order chi connectivity index (χ1) is 5.59. The van der Waals surface area contributed by atoms with Gasteiger partial charge in [0.15, 0.2) is 0 Å². The van der Waals surface area contributed by atoms with Gasteiger partial charge in [0.25, 0.3) is 0 Å². The van der Waals surface area contributed by atoms with Crippen LogP contribution in [0.2, 0.25) is 0 Å². The molecule has 0 bridgehead atoms. The van der Waals surface area contributed by atoms with E-state index in [0.29, 0.717) is 10.6 Å². The molecule has 0 aliphatic carbocycles. The summed E-state index contributed by atoms with van der Waals surface area (Å²) in [6.07, 6.45) is 0. The Kier molecular flexibility index (Phi) is 2.60. The van der Waals surface area contributed by atoms with Gasteiger partial charge in [-0.3, -0.25) is 4.79 Å². The van der Waals surface area contributed by atoms with Gasteiger partial charge in [0, 0.05) is 17.5 Å². The molecule has 3 nitrogen and oxygen atoms in total. The zero-order chi connectivity index (χ0) is 9.14. The van der Waals surface area contributed by atoms with Gasteiger partial charge in [0.1, 0.15) is 5.75 Å². The Morgan fingerprint density at radius 1 is 1.58 bits per heavy atom. The van der Waals surface area contributed by atoms with Gasteiger partial charge in [0.05, 0.1) is 0 Å². The van der Waals surface area contributed by atoms with Gasteiger partial charge in [-0.15, -0.1) is 12.6 Å². The van der Waals surface area contributed by atoms with Crippen LogP contribution in [0, 0.1) is 0 Å². The van der Waals surface area contributed by atoms with Gasteiger partial charge in [-0.1, -0.05) is 0 Å². The van der Waals surface area contributed by atoms with E-state index in [1.165, 1.54) is 13.0 Å². The first-order valence-corrected chi connectivity index (χ1v) is 3.84. The number of aromatic hydroxyl groups is 1. The van der Waals surface area contributed by atoms with Crippen molar-refractivity contribution in [3.05, 3.63) is 18.2 Å². The van der Waals surface area contributed by atoms with Crippen molar-refractivity contribution in [2.75, 3.05) is 5.32 Å². The summed E-state index contributed by atoms with van der Waals surface area (Å²) in [7, 11) is 0. The van der Waals surface area contributed by atoms with Crippen molar-refractivity contribution in [2.24, 2.45) is 0 Å². The van der Waals surface area contributed by atoms with Crippen molar-refractivity contribution < 1.29 is 9.90 Å². The highest BCUT2D eigenvalue weighted by atomic mass is 32.1. The zero-order valence-electron chi connectivity index (χ0n) is 6.53. The minimum absolute atomic E-state index is 0.104. The molecule has 0 aromatic heterocycles. The maximum Gasteiger partial charge on any atom is 0.221 e. The number of carbonyl (C=O) groups excluding carboxylic acids is 1. The second-order valence-electron chi connectivity index (χ2n) is 2.38. The van der Waals surface area contributed by atoms with Gasteiger partial charge >= 0.3 is 0 Å². The predicted octanol–water partition coefficient (Wildman–Crippen LogP) is 1.64. The van der Waals surface area contributed by atoms with Crippen LogP contribution in [-0.4, -0.2) is 11.0 Å². The van der Waals surface area contributed by atoms with Crippen LogP contribution in [0.15, 0.2) is 23.1 Å². The van der Waals surface area contributed by atoms with E-state index in [0.717, 1.165) is 0 Å². The maximum absolute atomic E-state index is 10.6. The lowest BCUT2D eigenvalue weighted by Crippen LogP contribution is -2.05. The number of thiol groups is 1. The maximum atomic E-state index is 10.6. The van der Waals surface area contributed by atoms with Crippen molar-refractivity contribution in [1.82, 2.24) is 0 Å². The van der Waals surface area contributed by atoms with Crippen LogP contribution >= 0.6 is 12.6 Å². The van der Waals surface area contributed by atoms with Gasteiger partial charge in [-0.25, -0.2) is 0 Å². The van der Waals surface area contributed by atoms with Gasteiger partial charge in [-0.2, -0.15) is 0 Å². The Bertz CT molecular complexity index is 312. The first kappa shape index (κ1) is 8.93. The monoisotopic (exact) mass is 183 g/mol. The number of nitrogens with one attached hydrogen (secondary N) is 1. The van der Waals surface area contributed by atoms with Crippen molar-refractivity contribution in [1.29, 1.82) is 0 Å². The summed E-state index contributed by atoms with van der Waals surface area (Å²) < 4.78 is 0. The Labute approximate surface area is 75.8 Å². The number of benzene rings is 1. The molecule has 64 valence electrons. The number of phenols is 1. The van der Waals surface area contributed by atoms with E-state index in [4.69, 9.17) is 5.11 Å². The lowest BCUT2D eigenvalue weighted by molar-refractivity contribution is -0.114. The van der Waals surface area contributed by atoms with Gasteiger partial charge < -0.3 is 10.4 Å². The molecule has 0 atom stereocenters. The summed E-state index contributed by atoms with van der Waals surface area (Å²) in [4.78, 5) is 11.1. The summed E-state index contributed by atoms with van der Waals surface area (Å²) in [5.41, 5.74) is 0.630. The highest BCUT2D eigenvalue weighted by molar-refractivity contribution is 7.80. The number of anilines is 1. The third-order valence-electron chi connectivity index (χ3n) is 1.30. The van der Waals surface area contributed by atoms with E-state index in [1.54, 1.807) is 12.1 Å². The molecule has 0 fully saturated rings. The van der Waals surface area contributed by atoms with Gasteiger partial charge in [-0.05, 0) is 18.2 Å². The van der Waals surface area contributed by atoms with Gasteiger partial charge in [0.2, 0.25) is 5.91 Å². The Hall–Kier alpha value is -1.16. The van der Waals surface area contributed by atoms with Crippen molar-refractivity contribution >= 4 is 24.2 Å². The molecular formula is C8H9NO2S. The molecule has 0 radical (unpaired) electrons. The molecule has 1 rings (SSSR count). The standard InChI is InChI=1S/C8H9NO2S/c1-5(10)9-6-2-3-7(11)8(12)4-6/h2-4,11-12H,1H3,(H,9,10). The molecule has 0 aliphatic heterocycles. The zero-order valence-corrected chi connectivity index (χ0v) is 7.43. The molecule has 2 N–H and O–H groups in total. The molecule has 4 heteroatoms. The Morgan fingerprint density at radius 3 is 2.75 bits per heavy atom. The highest BCUT2D eigenvalue weighted by Crippen LogP contribution is 2.24. The normalized spacial score (nSPS) is 9.50. The molecule has 0 saturated heterocycles. The Balaban J connectivity index is 2.89. The number of amides is 1. The smallest absolute Gasteiger partial charge is 0.221 e. The van der Waals surface area contributed by atoms with E-state index in [9.17, 15) is 4.79 Å². The average molecular weight is 183 g/mol. The fourth-order valence-electron chi connectivity index (χ4n) is 0.804. The summed E-state index contributed by atoms with van der Waals surface area (Å²) >= 11 is 3.99. The molecule has 1 amide bonds. The van der Waals surface area contributed by atoms with Crippen LogP contribution in [0.3, 0.4) is 0 Å². The van der Waals surface area contributed by atoms with Crippen LogP contribution in [0.1, 0.15) is 6.92 Å². The number of hydrogen-bond donors (Lipinski definition) is 3. The first-order valence-electron chi connectivity index (χ1n) is 3.39. The average Bonchev–Trinajstić information content (AvgIpc) is 1.96. The van der Waals surface area contributed by atoms with Crippen LogP contribution in [-0.2, 0) is 4.79 Å². The van der Waals surface area contributed by atoms with E-state index in [2.05, 4.69) is 17.9 Å². The lowest BCUT2D eigenvalue weighted by Gasteiger charge is -2.03. The molecule has 0 aliphatic rings. The summed E-state index contributed by atoms with van der Waals surface area (Å²) in [5.74, 6) is -0.0409. The van der Waals surface area contributed by atoms with E-state index >= 15 is 0 Å². The molecule has 0 unspecified atom stereocenters. The largest absolute Gasteiger partial charge is 0.507 e. The summed E-state index contributed by atoms with van der Waals surface area (Å²) in [6, 6.07) is 4.67. The van der Waals surface area contributed by atoms with Crippen LogP contribution in [0.4, 0.5) is 5.69 Å². The second kappa shape index (κ2) is 3.49. The molecule has 12 heavy (non-hydrogen) atoms. The van der Waals surface area contributed by atoms with Crippen molar-refractivity contribution in [2.45, 2.75) is 11.8 Å². The molecule has 1 aromatic carbocycles. The van der Waals surface area contributed by atoms with Crippen molar-refractivity contribution in [3.63, 3.8) is 0 Å². The summed E-state index contributed by atoms with van der Waals surface area (Å²) in [6.45, 7) is 1.42. The number of carbonyl (C=O) groups is 1. The molecule has 1 aromatic rings. The van der Waals surface area contributed by atoms with E-state index in [1.807, 2.05) is 0 Å². The third-order valence-corrected chi connectivity index (χ3v) is 1.65. The third kappa shape index (κ3) is 2.17. The number of rotatable bonds is 1. The fraction of sp³-hybridized carbons (Fsp3) is 0.125. The topological polar surface area (TPSA) is 49.3 Å². The van der Waals surface area contributed by atoms with Crippen LogP contribution in [0.25, 0.3) is 0 Å². The molecular weight excluding hydrogens is 174 g/mol. The molecule has 0 saturated carbocycles. The van der Waals surface area contributed by atoms with Crippen LogP contribution < -0.4 is 5.32 Å². The molecule has 0 heterocycles. The second-order valence-corrected chi connectivity index (χ2v) is 2.87. The summed E-state index contributed by atoms with van der Waals surface area (Å²) in [5, 5.41) is 11.7. The van der Waals surface area contributed by atoms with Crippen LogP contribution in [0.5, 0.6) is 5.75 Å². The van der Waals surface area contributed by atoms with E-state index in [-0.39, 0.29) is 11.7 Å². The Morgan fingerprint density at radius 2 is 2.25 bits per heavy atom. The predicted molar refractivity (Wildman–Crippen MR) is 49.7 cm³/mol. The van der Waals surface area contributed by atoms with Crippen molar-refractivity contribution in [3.8, 4) is 5.75 Å². The highest BCUT2D eigenvalue weighted by Gasteiger charge is 1.99.